The highest BCUT2D eigenvalue weighted by Gasteiger charge is 2.17. The normalized spacial score (nSPS) is 10.7. The first-order valence-electron chi connectivity index (χ1n) is 5.54. The molecule has 6 heteroatoms. The highest BCUT2D eigenvalue weighted by atomic mass is 35.5. The molecule has 0 bridgehead atoms. The van der Waals surface area contributed by atoms with Crippen LogP contribution in [-0.2, 0) is 6.54 Å². The van der Waals surface area contributed by atoms with Crippen molar-refractivity contribution in [3.05, 3.63) is 57.1 Å². The van der Waals surface area contributed by atoms with Crippen molar-refractivity contribution in [1.29, 1.82) is 0 Å². The van der Waals surface area contributed by atoms with Gasteiger partial charge < -0.3 is 5.11 Å². The second kappa shape index (κ2) is 5.15. The van der Waals surface area contributed by atoms with Crippen LogP contribution in [0.2, 0.25) is 10.0 Å². The van der Waals surface area contributed by atoms with Crippen molar-refractivity contribution in [2.45, 2.75) is 13.5 Å². The molecule has 1 heterocycles. The van der Waals surface area contributed by atoms with E-state index in [4.69, 9.17) is 23.2 Å². The summed E-state index contributed by atoms with van der Waals surface area (Å²) < 4.78 is 2.58. The van der Waals surface area contributed by atoms with Crippen LogP contribution in [0.25, 0.3) is 5.69 Å². The maximum atomic E-state index is 12.3. The fourth-order valence-corrected chi connectivity index (χ4v) is 2.40. The summed E-state index contributed by atoms with van der Waals surface area (Å²) in [5.74, 6) is -0.134. The van der Waals surface area contributed by atoms with Gasteiger partial charge in [0.25, 0.3) is 0 Å². The van der Waals surface area contributed by atoms with E-state index in [9.17, 15) is 9.90 Å². The van der Waals surface area contributed by atoms with Crippen molar-refractivity contribution in [3.63, 3.8) is 0 Å². The number of allylic oxidation sites excluding steroid dienone is 1. The molecule has 2 rings (SSSR count). The van der Waals surface area contributed by atoms with E-state index in [1.54, 1.807) is 31.2 Å². The summed E-state index contributed by atoms with van der Waals surface area (Å²) >= 11 is 11.8. The summed E-state index contributed by atoms with van der Waals surface area (Å²) in [7, 11) is 0. The molecule has 0 radical (unpaired) electrons. The number of hydrogen-bond acceptors (Lipinski definition) is 2. The Morgan fingerprint density at radius 1 is 1.32 bits per heavy atom. The van der Waals surface area contributed by atoms with Crippen LogP contribution in [0.4, 0.5) is 0 Å². The Labute approximate surface area is 120 Å². The van der Waals surface area contributed by atoms with E-state index in [0.717, 1.165) is 4.57 Å². The van der Waals surface area contributed by atoms with E-state index in [-0.39, 0.29) is 11.6 Å². The Balaban J connectivity index is 2.72. The Morgan fingerprint density at radius 3 is 2.42 bits per heavy atom. The Kier molecular flexibility index (Phi) is 3.73. The summed E-state index contributed by atoms with van der Waals surface area (Å²) in [6.07, 6.45) is 1.59. The molecule has 0 aliphatic carbocycles. The van der Waals surface area contributed by atoms with Gasteiger partial charge in [-0.3, -0.25) is 4.57 Å². The van der Waals surface area contributed by atoms with Crippen molar-refractivity contribution in [2.24, 2.45) is 0 Å². The average molecular weight is 299 g/mol. The third-order valence-electron chi connectivity index (χ3n) is 2.78. The third-order valence-corrected chi connectivity index (χ3v) is 3.22. The molecule has 0 saturated carbocycles. The largest absolute Gasteiger partial charge is 0.493 e. The van der Waals surface area contributed by atoms with E-state index < -0.39 is 0 Å². The summed E-state index contributed by atoms with van der Waals surface area (Å²) in [4.78, 5) is 12.3. The third kappa shape index (κ3) is 2.41. The van der Waals surface area contributed by atoms with Crippen LogP contribution >= 0.6 is 23.2 Å². The van der Waals surface area contributed by atoms with Gasteiger partial charge in [-0.15, -0.1) is 6.58 Å². The summed E-state index contributed by atoms with van der Waals surface area (Å²) in [5, 5.41) is 10.9. The van der Waals surface area contributed by atoms with Gasteiger partial charge in [-0.1, -0.05) is 29.3 Å². The first-order chi connectivity index (χ1) is 8.95. The molecule has 0 atom stereocenters. The van der Waals surface area contributed by atoms with Gasteiger partial charge in [0, 0.05) is 16.6 Å². The molecular formula is C13H12Cl2N2O2. The van der Waals surface area contributed by atoms with Crippen molar-refractivity contribution in [2.75, 3.05) is 0 Å². The monoisotopic (exact) mass is 298 g/mol. The van der Waals surface area contributed by atoms with Gasteiger partial charge in [-0.2, -0.15) is 0 Å². The van der Waals surface area contributed by atoms with Crippen molar-refractivity contribution < 1.29 is 5.11 Å². The molecule has 4 nitrogen and oxygen atoms in total. The van der Waals surface area contributed by atoms with Gasteiger partial charge in [0.1, 0.15) is 0 Å². The van der Waals surface area contributed by atoms with E-state index in [1.807, 2.05) is 0 Å². The molecule has 2 aromatic rings. The van der Waals surface area contributed by atoms with Crippen LogP contribution < -0.4 is 5.69 Å². The minimum Gasteiger partial charge on any atom is -0.493 e. The second-order valence-corrected chi connectivity index (χ2v) is 4.93. The van der Waals surface area contributed by atoms with Crippen LogP contribution in [0.1, 0.15) is 5.69 Å². The van der Waals surface area contributed by atoms with Crippen molar-refractivity contribution in [1.82, 2.24) is 9.13 Å². The Bertz CT molecular complexity index is 681. The lowest BCUT2D eigenvalue weighted by atomic mass is 10.3. The SMILES string of the molecule is C=CCn1c(C)c(O)n(-c2cc(Cl)cc(Cl)c2)c1=O. The molecule has 100 valence electrons. The number of imidazole rings is 1. The number of nitrogens with zero attached hydrogens (tertiary/aromatic N) is 2. The highest BCUT2D eigenvalue weighted by Crippen LogP contribution is 2.25. The first-order valence-corrected chi connectivity index (χ1v) is 6.29. The zero-order valence-corrected chi connectivity index (χ0v) is 11.7. The summed E-state index contributed by atoms with van der Waals surface area (Å²) in [6.45, 7) is 5.56. The number of aromatic hydroxyl groups is 1. The topological polar surface area (TPSA) is 47.2 Å². The molecular weight excluding hydrogens is 287 g/mol. The van der Waals surface area contributed by atoms with Gasteiger partial charge >= 0.3 is 5.69 Å². The van der Waals surface area contributed by atoms with E-state index in [2.05, 4.69) is 6.58 Å². The lowest BCUT2D eigenvalue weighted by Crippen LogP contribution is -2.23. The summed E-state index contributed by atoms with van der Waals surface area (Å²) in [6, 6.07) is 4.68. The maximum Gasteiger partial charge on any atom is 0.336 e. The molecule has 1 aromatic heterocycles. The maximum absolute atomic E-state index is 12.3. The van der Waals surface area contributed by atoms with Crippen LogP contribution in [0.5, 0.6) is 5.88 Å². The first kappa shape index (κ1) is 13.8. The number of hydrogen-bond donors (Lipinski definition) is 1. The van der Waals surface area contributed by atoms with E-state index >= 15 is 0 Å². The highest BCUT2D eigenvalue weighted by molar-refractivity contribution is 6.34. The zero-order valence-electron chi connectivity index (χ0n) is 10.2. The zero-order chi connectivity index (χ0) is 14.2. The Morgan fingerprint density at radius 2 is 1.89 bits per heavy atom. The smallest absolute Gasteiger partial charge is 0.336 e. The number of rotatable bonds is 3. The van der Waals surface area contributed by atoms with Crippen LogP contribution in [0.15, 0.2) is 35.6 Å². The van der Waals surface area contributed by atoms with Gasteiger partial charge in [0.2, 0.25) is 5.88 Å². The predicted molar refractivity (Wildman–Crippen MR) is 76.6 cm³/mol. The lowest BCUT2D eigenvalue weighted by Gasteiger charge is -2.04. The molecule has 0 aliphatic heterocycles. The van der Waals surface area contributed by atoms with Gasteiger partial charge in [0.05, 0.1) is 11.4 Å². The molecule has 0 aliphatic rings. The van der Waals surface area contributed by atoms with Gasteiger partial charge in [-0.25, -0.2) is 9.36 Å². The van der Waals surface area contributed by atoms with E-state index in [1.165, 1.54) is 4.57 Å². The van der Waals surface area contributed by atoms with E-state index in [0.29, 0.717) is 28.0 Å². The minimum atomic E-state index is -0.367. The second-order valence-electron chi connectivity index (χ2n) is 4.05. The predicted octanol–water partition coefficient (Wildman–Crippen LogP) is 3.15. The fourth-order valence-electron chi connectivity index (χ4n) is 1.88. The number of aromatic nitrogens is 2. The molecule has 0 fully saturated rings. The molecule has 19 heavy (non-hydrogen) atoms. The minimum absolute atomic E-state index is 0.134. The summed E-state index contributed by atoms with van der Waals surface area (Å²) in [5.41, 5.74) is 0.514. The molecule has 0 unspecified atom stereocenters. The standard InChI is InChI=1S/C13H12Cl2N2O2/c1-3-4-16-8(2)12(18)17(13(16)19)11-6-9(14)5-10(15)7-11/h3,5-7,18H,1,4H2,2H3. The Hall–Kier alpha value is -1.65. The average Bonchev–Trinajstić information content (AvgIpc) is 2.52. The quantitative estimate of drug-likeness (QED) is 0.885. The van der Waals surface area contributed by atoms with Gasteiger partial charge in [-0.05, 0) is 25.1 Å². The fraction of sp³-hybridized carbons (Fsp3) is 0.154. The molecule has 1 aromatic carbocycles. The van der Waals surface area contributed by atoms with Crippen LogP contribution in [0.3, 0.4) is 0 Å². The van der Waals surface area contributed by atoms with Crippen molar-refractivity contribution >= 4 is 23.2 Å². The molecule has 1 N–H and O–H groups in total. The molecule has 0 spiro atoms. The number of halogens is 2. The van der Waals surface area contributed by atoms with Crippen LogP contribution in [-0.4, -0.2) is 14.2 Å². The number of benzene rings is 1. The molecule has 0 saturated heterocycles. The van der Waals surface area contributed by atoms with Gasteiger partial charge in [0.15, 0.2) is 0 Å². The van der Waals surface area contributed by atoms with Crippen LogP contribution in [0, 0.1) is 6.92 Å². The molecule has 0 amide bonds. The van der Waals surface area contributed by atoms with Crippen molar-refractivity contribution in [3.8, 4) is 11.6 Å². The lowest BCUT2D eigenvalue weighted by molar-refractivity contribution is 0.436.